The molecule has 8 atom stereocenters. The number of aryl methyl sites for hydroxylation is 4. The average molecular weight is 791 g/mol. The van der Waals surface area contributed by atoms with Crippen LogP contribution in [0.15, 0.2) is 97.1 Å². The number of rotatable bonds is 11. The van der Waals surface area contributed by atoms with Crippen molar-refractivity contribution in [2.75, 3.05) is 20.3 Å². The van der Waals surface area contributed by atoms with E-state index in [1.165, 1.54) is 7.11 Å². The molecule has 2 aliphatic rings. The van der Waals surface area contributed by atoms with Gasteiger partial charge in [-0.05, 0) is 76.2 Å². The van der Waals surface area contributed by atoms with Crippen LogP contribution in [0.4, 0.5) is 8.78 Å². The highest BCUT2D eigenvalue weighted by molar-refractivity contribution is 5.91. The molecule has 2 saturated heterocycles. The Morgan fingerprint density at radius 3 is 1.19 bits per heavy atom. The zero-order valence-electron chi connectivity index (χ0n) is 32.0. The molecule has 2 heterocycles. The third kappa shape index (κ3) is 11.3. The van der Waals surface area contributed by atoms with Gasteiger partial charge in [-0.15, -0.1) is 0 Å². The molecule has 12 nitrogen and oxygen atoms in total. The monoisotopic (exact) mass is 790 g/mol. The number of aliphatic hydroxyl groups is 1. The topological polar surface area (TPSA) is 153 Å². The molecule has 4 aromatic carbocycles. The lowest BCUT2D eigenvalue weighted by molar-refractivity contribution is -0.142. The molecular weight excluding hydrogens is 746 g/mol. The van der Waals surface area contributed by atoms with Gasteiger partial charge in [-0.2, -0.15) is 0 Å². The number of alkyl halides is 2. The lowest BCUT2D eigenvalue weighted by Crippen LogP contribution is -2.37. The summed E-state index contributed by atoms with van der Waals surface area (Å²) in [6, 6.07) is 26.9. The first kappa shape index (κ1) is 42.6. The summed E-state index contributed by atoms with van der Waals surface area (Å²) in [4.78, 5) is 49.0. The number of esters is 4. The third-order valence-corrected chi connectivity index (χ3v) is 9.14. The van der Waals surface area contributed by atoms with Gasteiger partial charge in [0.05, 0.1) is 22.3 Å². The zero-order valence-corrected chi connectivity index (χ0v) is 32.0. The molecule has 1 N–H and O–H groups in total. The molecule has 0 radical (unpaired) electrons. The SMILES string of the molecule is COC1O[C@H](COC(=O)c2ccc(C)cc2)[C@@H](OC(=O)c2ccc(C)cc2)[C@@H]1F.Cc1ccc(C(=O)OC[C@H]2OC(O)[C@@H](F)[C@@H]2OC(=O)c2ccc(C)cc2)cc1. The van der Waals surface area contributed by atoms with Gasteiger partial charge in [0.15, 0.2) is 37.1 Å². The molecule has 0 bridgehead atoms. The molecule has 0 spiro atoms. The maximum atomic E-state index is 14.7. The van der Waals surface area contributed by atoms with Gasteiger partial charge in [0.1, 0.15) is 25.4 Å². The third-order valence-electron chi connectivity index (χ3n) is 9.14. The Kier molecular flexibility index (Phi) is 14.6. The molecule has 0 amide bonds. The van der Waals surface area contributed by atoms with Crippen LogP contribution in [0.2, 0.25) is 0 Å². The second-order valence-corrected chi connectivity index (χ2v) is 13.6. The van der Waals surface area contributed by atoms with Crippen molar-refractivity contribution in [3.8, 4) is 0 Å². The highest BCUT2D eigenvalue weighted by atomic mass is 19.1. The largest absolute Gasteiger partial charge is 0.459 e. The fourth-order valence-electron chi connectivity index (χ4n) is 5.74. The minimum absolute atomic E-state index is 0.245. The van der Waals surface area contributed by atoms with Crippen LogP contribution in [0.5, 0.6) is 0 Å². The Balaban J connectivity index is 0.000000218. The van der Waals surface area contributed by atoms with Crippen molar-refractivity contribution in [1.29, 1.82) is 0 Å². The average Bonchev–Trinajstić information content (AvgIpc) is 3.65. The second-order valence-electron chi connectivity index (χ2n) is 13.6. The van der Waals surface area contributed by atoms with Gasteiger partial charge >= 0.3 is 23.9 Å². The normalized spacial score (nSPS) is 23.8. The first-order chi connectivity index (χ1) is 27.2. The summed E-state index contributed by atoms with van der Waals surface area (Å²) in [5.41, 5.74) is 5.16. The van der Waals surface area contributed by atoms with Gasteiger partial charge in [-0.1, -0.05) is 70.8 Å². The predicted octanol–water partition coefficient (Wildman–Crippen LogP) is 6.14. The van der Waals surface area contributed by atoms with Crippen molar-refractivity contribution in [1.82, 2.24) is 0 Å². The highest BCUT2D eigenvalue weighted by Crippen LogP contribution is 2.29. The summed E-state index contributed by atoms with van der Waals surface area (Å²) in [5.74, 6) is -2.63. The number of methoxy groups -OCH3 is 1. The smallest absolute Gasteiger partial charge is 0.338 e. The maximum absolute atomic E-state index is 14.7. The van der Waals surface area contributed by atoms with Crippen molar-refractivity contribution in [3.05, 3.63) is 142 Å². The van der Waals surface area contributed by atoms with Crippen LogP contribution < -0.4 is 0 Å². The first-order valence-electron chi connectivity index (χ1n) is 18.1. The van der Waals surface area contributed by atoms with E-state index in [0.29, 0.717) is 16.7 Å². The van der Waals surface area contributed by atoms with E-state index in [9.17, 15) is 33.1 Å². The van der Waals surface area contributed by atoms with Crippen molar-refractivity contribution < 1.29 is 66.2 Å². The predicted molar refractivity (Wildman–Crippen MR) is 200 cm³/mol. The van der Waals surface area contributed by atoms with E-state index < -0.39 is 73.2 Å². The van der Waals surface area contributed by atoms with Gasteiger partial charge in [0.2, 0.25) is 0 Å². The molecule has 302 valence electrons. The maximum Gasteiger partial charge on any atom is 0.338 e. The van der Waals surface area contributed by atoms with Crippen molar-refractivity contribution >= 4 is 23.9 Å². The van der Waals surface area contributed by atoms with Gasteiger partial charge < -0.3 is 38.3 Å². The highest BCUT2D eigenvalue weighted by Gasteiger charge is 2.49. The van der Waals surface area contributed by atoms with E-state index >= 15 is 0 Å². The van der Waals surface area contributed by atoms with E-state index in [-0.39, 0.29) is 18.8 Å². The van der Waals surface area contributed by atoms with Gasteiger partial charge in [0, 0.05) is 7.11 Å². The van der Waals surface area contributed by atoms with E-state index in [4.69, 9.17) is 33.2 Å². The summed E-state index contributed by atoms with van der Waals surface area (Å²) in [5, 5.41) is 9.64. The summed E-state index contributed by atoms with van der Waals surface area (Å²) >= 11 is 0. The number of carbonyl (C=O) groups is 4. The number of hydrogen-bond donors (Lipinski definition) is 1. The lowest BCUT2D eigenvalue weighted by atomic mass is 10.1. The number of carbonyl (C=O) groups excluding carboxylic acids is 4. The van der Waals surface area contributed by atoms with Crippen LogP contribution in [0, 0.1) is 27.7 Å². The molecular formula is C43H44F2O12. The van der Waals surface area contributed by atoms with E-state index in [1.807, 2.05) is 27.7 Å². The fourth-order valence-corrected chi connectivity index (χ4v) is 5.74. The minimum atomic E-state index is -1.95. The Hall–Kier alpha value is -5.54. The summed E-state index contributed by atoms with van der Waals surface area (Å²) < 4.78 is 65.4. The van der Waals surface area contributed by atoms with Crippen LogP contribution in [-0.4, -0.2) is 98.6 Å². The van der Waals surface area contributed by atoms with Gasteiger partial charge in [0.25, 0.3) is 0 Å². The Morgan fingerprint density at radius 2 is 0.842 bits per heavy atom. The Bertz CT molecular complexity index is 1970. The van der Waals surface area contributed by atoms with Crippen molar-refractivity contribution in [3.63, 3.8) is 0 Å². The Labute approximate surface area is 328 Å². The second kappa shape index (κ2) is 19.6. The standard InChI is InChI=1S/C22H23FO6.C21H21FO6/c1-13-4-8-15(9-5-13)20(24)27-12-17-19(18(23)22(26-3)28-17)29-21(25)16-10-6-14(2)7-11-16;1-12-3-7-14(8-4-12)19(23)26-11-16-18(17(22)21(25)27-16)28-20(24)15-9-5-13(2)6-10-15/h4-11,17-19,22H,12H2,1-3H3;3-10,16-18,21,25H,11H2,1-2H3/t17-,18+,19-,22?;16-,17+,18-,21?/m11/s1. The van der Waals surface area contributed by atoms with Crippen LogP contribution in [0.25, 0.3) is 0 Å². The minimum Gasteiger partial charge on any atom is -0.459 e. The van der Waals surface area contributed by atoms with Crippen LogP contribution >= 0.6 is 0 Å². The zero-order chi connectivity index (χ0) is 41.2. The van der Waals surface area contributed by atoms with Crippen LogP contribution in [-0.2, 0) is 33.2 Å². The lowest BCUT2D eigenvalue weighted by Gasteiger charge is -2.19. The fraction of sp³-hybridized carbons (Fsp3) is 0.349. The van der Waals surface area contributed by atoms with E-state index in [0.717, 1.165) is 22.3 Å². The number of hydrogen-bond acceptors (Lipinski definition) is 12. The summed E-state index contributed by atoms with van der Waals surface area (Å²) in [6.45, 7) is 6.90. The quantitative estimate of drug-likeness (QED) is 0.137. The molecule has 6 rings (SSSR count). The molecule has 4 aromatic rings. The van der Waals surface area contributed by atoms with Crippen LogP contribution in [0.3, 0.4) is 0 Å². The molecule has 57 heavy (non-hydrogen) atoms. The van der Waals surface area contributed by atoms with Crippen molar-refractivity contribution in [2.24, 2.45) is 0 Å². The molecule has 0 aliphatic carbocycles. The number of benzene rings is 4. The first-order valence-corrected chi connectivity index (χ1v) is 18.1. The molecule has 14 heteroatoms. The van der Waals surface area contributed by atoms with E-state index in [2.05, 4.69) is 0 Å². The number of ether oxygens (including phenoxy) is 7. The van der Waals surface area contributed by atoms with Crippen molar-refractivity contribution in [2.45, 2.75) is 77.0 Å². The summed E-state index contributed by atoms with van der Waals surface area (Å²) in [7, 11) is 1.29. The van der Waals surface area contributed by atoms with Gasteiger partial charge in [-0.3, -0.25) is 0 Å². The molecule has 2 unspecified atom stereocenters. The molecule has 2 fully saturated rings. The Morgan fingerprint density at radius 1 is 0.526 bits per heavy atom. The van der Waals surface area contributed by atoms with Crippen LogP contribution in [0.1, 0.15) is 63.7 Å². The summed E-state index contributed by atoms with van der Waals surface area (Å²) in [6.07, 6.45) is -11.4. The molecule has 0 aromatic heterocycles. The number of aliphatic hydroxyl groups excluding tert-OH is 1. The van der Waals surface area contributed by atoms with Gasteiger partial charge in [-0.25, -0.2) is 28.0 Å². The van der Waals surface area contributed by atoms with E-state index in [1.54, 1.807) is 97.1 Å². The molecule has 2 aliphatic heterocycles. The number of halogens is 2. The molecule has 0 saturated carbocycles.